The van der Waals surface area contributed by atoms with Gasteiger partial charge in [-0.05, 0) is 41.5 Å². The van der Waals surface area contributed by atoms with Crippen molar-refractivity contribution in [3.63, 3.8) is 0 Å². The summed E-state index contributed by atoms with van der Waals surface area (Å²) in [4.78, 5) is 0.249. The lowest BCUT2D eigenvalue weighted by Gasteiger charge is -2.26. The van der Waals surface area contributed by atoms with Gasteiger partial charge in [0.15, 0.2) is 0 Å². The second-order valence-electron chi connectivity index (χ2n) is 6.56. The van der Waals surface area contributed by atoms with Gasteiger partial charge in [-0.2, -0.15) is 0 Å². The molecule has 0 nitrogen and oxygen atoms in total. The van der Waals surface area contributed by atoms with Crippen molar-refractivity contribution < 1.29 is 0 Å². The number of benzene rings is 2. The molecule has 2 aromatic rings. The van der Waals surface area contributed by atoms with E-state index in [4.69, 9.17) is 0 Å². The van der Waals surface area contributed by atoms with E-state index >= 15 is 0 Å². The Balaban J connectivity index is 2.51. The highest BCUT2D eigenvalue weighted by molar-refractivity contribution is 9.09. The maximum Gasteiger partial charge on any atom is 0.0650 e. The van der Waals surface area contributed by atoms with Crippen molar-refractivity contribution in [3.8, 4) is 0 Å². The number of aryl methyl sites for hydroxylation is 2. The van der Waals surface area contributed by atoms with Gasteiger partial charge in [-0.3, -0.25) is 0 Å². The van der Waals surface area contributed by atoms with Gasteiger partial charge in [0.05, 0.1) is 4.83 Å². The van der Waals surface area contributed by atoms with E-state index in [0.717, 1.165) is 0 Å². The Morgan fingerprint density at radius 3 is 2.15 bits per heavy atom. The van der Waals surface area contributed by atoms with Gasteiger partial charge in [0, 0.05) is 0 Å². The smallest absolute Gasteiger partial charge is 0.0650 e. The first kappa shape index (κ1) is 15.3. The zero-order valence-corrected chi connectivity index (χ0v) is 14.6. The molecule has 0 fully saturated rings. The summed E-state index contributed by atoms with van der Waals surface area (Å²) in [5.41, 5.74) is 6.94. The Labute approximate surface area is 131 Å². The molecular weight excluding hydrogens is 308 g/mol. The number of hydrogen-bond acceptors (Lipinski definition) is 0. The first-order valence-electron chi connectivity index (χ1n) is 7.11. The summed E-state index contributed by atoms with van der Waals surface area (Å²) in [5, 5.41) is 0. The van der Waals surface area contributed by atoms with E-state index in [1.54, 1.807) is 0 Å². The summed E-state index contributed by atoms with van der Waals surface area (Å²) in [6.45, 7) is 11.1. The van der Waals surface area contributed by atoms with Gasteiger partial charge in [-0.1, -0.05) is 84.7 Å². The maximum absolute atomic E-state index is 3.91. The minimum absolute atomic E-state index is 0.154. The van der Waals surface area contributed by atoms with Crippen LogP contribution in [0.1, 0.15) is 53.4 Å². The molecule has 0 aliphatic rings. The van der Waals surface area contributed by atoms with Crippen LogP contribution in [-0.2, 0) is 5.41 Å². The molecular formula is C19H23Br. The standard InChI is InChI=1S/C19H23Br/c1-13-10-11-15(14(2)12-13)18(20)16-8-6-7-9-17(16)19(3,4)5/h6-12,18H,1-5H3. The van der Waals surface area contributed by atoms with Gasteiger partial charge in [0.2, 0.25) is 0 Å². The normalized spacial score (nSPS) is 13.3. The van der Waals surface area contributed by atoms with Crippen molar-refractivity contribution in [2.75, 3.05) is 0 Å². The lowest BCUT2D eigenvalue weighted by molar-refractivity contribution is 0.584. The fraction of sp³-hybridized carbons (Fsp3) is 0.368. The van der Waals surface area contributed by atoms with Crippen LogP contribution >= 0.6 is 15.9 Å². The zero-order chi connectivity index (χ0) is 14.9. The Kier molecular flexibility index (Phi) is 4.39. The lowest BCUT2D eigenvalue weighted by Crippen LogP contribution is -2.15. The minimum atomic E-state index is 0.154. The fourth-order valence-corrected chi connectivity index (χ4v) is 3.59. The van der Waals surface area contributed by atoms with Crippen molar-refractivity contribution in [3.05, 3.63) is 70.3 Å². The van der Waals surface area contributed by atoms with Crippen LogP contribution in [-0.4, -0.2) is 0 Å². The number of alkyl halides is 1. The predicted octanol–water partition coefficient (Wildman–Crippen LogP) is 6.09. The third kappa shape index (κ3) is 3.15. The molecule has 0 heterocycles. The molecule has 0 N–H and O–H groups in total. The Morgan fingerprint density at radius 1 is 0.900 bits per heavy atom. The van der Waals surface area contributed by atoms with E-state index in [9.17, 15) is 0 Å². The SMILES string of the molecule is Cc1ccc(C(Br)c2ccccc2C(C)(C)C)c(C)c1. The van der Waals surface area contributed by atoms with Crippen LogP contribution < -0.4 is 0 Å². The average molecular weight is 331 g/mol. The highest BCUT2D eigenvalue weighted by atomic mass is 79.9. The van der Waals surface area contributed by atoms with Crippen molar-refractivity contribution >= 4 is 15.9 Å². The van der Waals surface area contributed by atoms with E-state index in [2.05, 4.69) is 93.0 Å². The second-order valence-corrected chi connectivity index (χ2v) is 7.48. The molecule has 106 valence electrons. The third-order valence-electron chi connectivity index (χ3n) is 3.74. The highest BCUT2D eigenvalue weighted by Gasteiger charge is 2.22. The minimum Gasteiger partial charge on any atom is -0.0786 e. The summed E-state index contributed by atoms with van der Waals surface area (Å²) >= 11 is 3.91. The molecule has 0 radical (unpaired) electrons. The monoisotopic (exact) mass is 330 g/mol. The van der Waals surface area contributed by atoms with Crippen LogP contribution in [0.25, 0.3) is 0 Å². The summed E-state index contributed by atoms with van der Waals surface area (Å²) in [7, 11) is 0. The van der Waals surface area contributed by atoms with Crippen LogP contribution in [0.3, 0.4) is 0 Å². The number of halogens is 1. The molecule has 2 aromatic carbocycles. The van der Waals surface area contributed by atoms with Crippen LogP contribution in [0.15, 0.2) is 42.5 Å². The molecule has 0 saturated carbocycles. The molecule has 0 amide bonds. The Morgan fingerprint density at radius 2 is 1.55 bits per heavy atom. The van der Waals surface area contributed by atoms with Gasteiger partial charge in [0.1, 0.15) is 0 Å². The average Bonchev–Trinajstić information content (AvgIpc) is 2.37. The third-order valence-corrected chi connectivity index (χ3v) is 4.73. The van der Waals surface area contributed by atoms with Crippen molar-refractivity contribution in [1.29, 1.82) is 0 Å². The Hall–Kier alpha value is -1.08. The van der Waals surface area contributed by atoms with Gasteiger partial charge in [0.25, 0.3) is 0 Å². The first-order chi connectivity index (χ1) is 9.30. The highest BCUT2D eigenvalue weighted by Crippen LogP contribution is 2.38. The maximum atomic E-state index is 3.91. The largest absolute Gasteiger partial charge is 0.0786 e. The molecule has 0 aliphatic carbocycles. The number of hydrogen-bond donors (Lipinski definition) is 0. The summed E-state index contributed by atoms with van der Waals surface area (Å²) in [6.07, 6.45) is 0. The predicted molar refractivity (Wildman–Crippen MR) is 91.8 cm³/mol. The van der Waals surface area contributed by atoms with Crippen molar-refractivity contribution in [2.24, 2.45) is 0 Å². The van der Waals surface area contributed by atoms with Gasteiger partial charge >= 0.3 is 0 Å². The van der Waals surface area contributed by atoms with Gasteiger partial charge in [-0.25, -0.2) is 0 Å². The molecule has 2 rings (SSSR count). The summed E-state index contributed by atoms with van der Waals surface area (Å²) in [6, 6.07) is 15.4. The van der Waals surface area contributed by atoms with Crippen LogP contribution in [0.2, 0.25) is 0 Å². The molecule has 1 atom stereocenters. The first-order valence-corrected chi connectivity index (χ1v) is 8.03. The molecule has 1 unspecified atom stereocenters. The Bertz CT molecular complexity index is 605. The lowest BCUT2D eigenvalue weighted by atomic mass is 9.82. The van der Waals surface area contributed by atoms with Crippen molar-refractivity contribution in [2.45, 2.75) is 44.9 Å². The zero-order valence-electron chi connectivity index (χ0n) is 13.0. The molecule has 0 aliphatic heterocycles. The number of rotatable bonds is 2. The van der Waals surface area contributed by atoms with E-state index in [1.165, 1.54) is 27.8 Å². The van der Waals surface area contributed by atoms with Gasteiger partial charge < -0.3 is 0 Å². The van der Waals surface area contributed by atoms with E-state index in [1.807, 2.05) is 0 Å². The molecule has 0 bridgehead atoms. The summed E-state index contributed by atoms with van der Waals surface area (Å²) < 4.78 is 0. The molecule has 1 heteroatoms. The molecule has 0 saturated heterocycles. The van der Waals surface area contributed by atoms with E-state index in [0.29, 0.717) is 0 Å². The topological polar surface area (TPSA) is 0 Å². The molecule has 0 aromatic heterocycles. The van der Waals surface area contributed by atoms with E-state index < -0.39 is 0 Å². The molecule has 0 spiro atoms. The summed E-state index contributed by atoms with van der Waals surface area (Å²) in [5.74, 6) is 0. The fourth-order valence-electron chi connectivity index (χ4n) is 2.68. The van der Waals surface area contributed by atoms with Crippen molar-refractivity contribution in [1.82, 2.24) is 0 Å². The van der Waals surface area contributed by atoms with E-state index in [-0.39, 0.29) is 10.2 Å². The van der Waals surface area contributed by atoms with Gasteiger partial charge in [-0.15, -0.1) is 0 Å². The quantitative estimate of drug-likeness (QED) is 0.585. The van der Waals surface area contributed by atoms with Crippen LogP contribution in [0.5, 0.6) is 0 Å². The van der Waals surface area contributed by atoms with Crippen LogP contribution in [0.4, 0.5) is 0 Å². The molecule has 20 heavy (non-hydrogen) atoms. The van der Waals surface area contributed by atoms with Crippen LogP contribution in [0, 0.1) is 13.8 Å². The second kappa shape index (κ2) is 5.73.